The molecule has 1 aromatic heterocycles. The average Bonchev–Trinajstić information content (AvgIpc) is 3.18. The topological polar surface area (TPSA) is 176 Å². The molecule has 0 amide bonds. The molecule has 0 saturated heterocycles. The van der Waals surface area contributed by atoms with E-state index >= 15 is 0 Å². The van der Waals surface area contributed by atoms with Crippen LogP contribution in [0.3, 0.4) is 0 Å². The van der Waals surface area contributed by atoms with E-state index in [9.17, 15) is 28.4 Å². The quantitative estimate of drug-likeness (QED) is 0.151. The number of hydrogen-bond donors (Lipinski definition) is 2. The van der Waals surface area contributed by atoms with Gasteiger partial charge in [-0.15, -0.1) is 10.2 Å². The van der Waals surface area contributed by atoms with E-state index in [0.717, 1.165) is 16.8 Å². The van der Waals surface area contributed by atoms with Crippen LogP contribution < -0.4 is 34.7 Å². The first-order valence-electron chi connectivity index (χ1n) is 9.10. The fourth-order valence-electron chi connectivity index (χ4n) is 2.60. The Morgan fingerprint density at radius 1 is 1.17 bits per heavy atom. The molecule has 2 N–H and O–H groups in total. The molecule has 3 rings (SSSR count). The second-order valence-corrected chi connectivity index (χ2v) is 9.08. The van der Waals surface area contributed by atoms with E-state index in [1.54, 1.807) is 6.92 Å². The fourth-order valence-corrected chi connectivity index (χ4v) is 4.14. The third-order valence-corrected chi connectivity index (χ3v) is 6.12. The Bertz CT molecular complexity index is 1500. The van der Waals surface area contributed by atoms with Crippen LogP contribution in [-0.2, 0) is 10.1 Å². The second-order valence-electron chi connectivity index (χ2n) is 6.47. The summed E-state index contributed by atoms with van der Waals surface area (Å²) in [4.78, 5) is 3.13. The van der Waals surface area contributed by atoms with Crippen LogP contribution in [0.4, 0.5) is 17.2 Å². The minimum Gasteiger partial charge on any atom is -0.862 e. The standard InChI is InChI=1S/C19H13Cl3N6O5S.Na/c1-2-17(29)25-14-4-10(3-13(22)18(14)30)26-27-19-9(7-23)8-24-28(19)15-5-12(21)16(6-11(15)20)34(31,32)33;/h3-6,8,30H,2H2,1H3,(H,25,29)(H,31,32,33);/q;+1/p-1. The number of aliphatic imine (C=N–C) groups is 1. The Labute approximate surface area is 236 Å². The van der Waals surface area contributed by atoms with Gasteiger partial charge in [0.25, 0.3) is 10.1 Å². The van der Waals surface area contributed by atoms with Crippen molar-refractivity contribution in [1.82, 2.24) is 9.78 Å². The molecule has 0 aliphatic carbocycles. The van der Waals surface area contributed by atoms with Crippen LogP contribution >= 0.6 is 34.8 Å². The molecule has 3 aromatic rings. The number of azo groups is 1. The summed E-state index contributed by atoms with van der Waals surface area (Å²) >= 11 is 18.1. The molecule has 176 valence electrons. The first kappa shape index (κ1) is 29.0. The van der Waals surface area contributed by atoms with Crippen LogP contribution in [0.25, 0.3) is 5.69 Å². The van der Waals surface area contributed by atoms with Crippen molar-refractivity contribution in [2.24, 2.45) is 15.2 Å². The van der Waals surface area contributed by atoms with Gasteiger partial charge in [-0.1, -0.05) is 41.7 Å². The van der Waals surface area contributed by atoms with E-state index in [-0.39, 0.29) is 79.5 Å². The van der Waals surface area contributed by atoms with Gasteiger partial charge in [-0.3, -0.25) is 9.55 Å². The van der Waals surface area contributed by atoms with Crippen LogP contribution in [0.15, 0.2) is 50.6 Å². The van der Waals surface area contributed by atoms with E-state index in [4.69, 9.17) is 34.8 Å². The molecule has 0 radical (unpaired) electrons. The summed E-state index contributed by atoms with van der Waals surface area (Å²) in [5.74, 6) is -1.01. The molecule has 0 aliphatic heterocycles. The van der Waals surface area contributed by atoms with E-state index < -0.39 is 26.7 Å². The molecule has 0 aliphatic rings. The summed E-state index contributed by atoms with van der Waals surface area (Å²) < 4.78 is 33.3. The molecule has 0 atom stereocenters. The number of phenolic OH excluding ortho intramolecular Hbond substituents is 1. The molecule has 0 fully saturated rings. The van der Waals surface area contributed by atoms with Gasteiger partial charge in [0.05, 0.1) is 32.6 Å². The summed E-state index contributed by atoms with van der Waals surface area (Å²) in [5, 5.41) is 42.4. The Balaban J connectivity index is 0.00000432. The van der Waals surface area contributed by atoms with Crippen LogP contribution in [0.5, 0.6) is 5.75 Å². The molecular weight excluding hydrogens is 554 g/mol. The second kappa shape index (κ2) is 11.7. The van der Waals surface area contributed by atoms with E-state index in [2.05, 4.69) is 20.3 Å². The molecule has 0 spiro atoms. The molecule has 0 bridgehead atoms. The van der Waals surface area contributed by atoms with Crippen molar-refractivity contribution in [3.63, 3.8) is 0 Å². The van der Waals surface area contributed by atoms with Gasteiger partial charge in [-0.05, 0) is 36.6 Å². The summed E-state index contributed by atoms with van der Waals surface area (Å²) in [6.07, 6.45) is 1.27. The van der Waals surface area contributed by atoms with Gasteiger partial charge in [0.1, 0.15) is 22.2 Å². The number of phenols is 1. The number of hydrogen-bond acceptors (Lipinski definition) is 9. The first-order valence-corrected chi connectivity index (χ1v) is 11.7. The van der Waals surface area contributed by atoms with Crippen molar-refractivity contribution in [2.75, 3.05) is 0 Å². The van der Waals surface area contributed by atoms with Gasteiger partial charge in [0, 0.05) is 0 Å². The molecule has 1 heterocycles. The number of halogens is 3. The van der Waals surface area contributed by atoms with Gasteiger partial charge >= 0.3 is 29.6 Å². The van der Waals surface area contributed by atoms with Crippen molar-refractivity contribution in [2.45, 2.75) is 18.2 Å². The molecule has 11 nitrogen and oxygen atoms in total. The normalized spacial score (nSPS) is 11.9. The smallest absolute Gasteiger partial charge is 0.862 e. The Hall–Kier alpha value is -2.21. The zero-order chi connectivity index (χ0) is 25.2. The SMILES string of the molecule is CCC([O-])=Nc1cc(N=Nc2c(C#N)cnn2-c2cc(Cl)c(S(=O)(=O)O)cc2Cl)cc(Cl)c1O.[Na+]. The molecule has 16 heteroatoms. The largest absolute Gasteiger partial charge is 1.00 e. The zero-order valence-electron chi connectivity index (χ0n) is 17.9. The van der Waals surface area contributed by atoms with Gasteiger partial charge in [0.15, 0.2) is 11.6 Å². The maximum atomic E-state index is 11.6. The first-order chi connectivity index (χ1) is 16.0. The fraction of sp³-hybridized carbons (Fsp3) is 0.105. The molecule has 2 aromatic carbocycles. The summed E-state index contributed by atoms with van der Waals surface area (Å²) in [6, 6.07) is 6.43. The third-order valence-electron chi connectivity index (χ3n) is 4.21. The van der Waals surface area contributed by atoms with Crippen molar-refractivity contribution in [1.29, 1.82) is 5.26 Å². The maximum Gasteiger partial charge on any atom is 1.00 e. The third kappa shape index (κ3) is 6.52. The minimum atomic E-state index is -4.64. The van der Waals surface area contributed by atoms with Crippen molar-refractivity contribution in [3.05, 3.63) is 51.1 Å². The summed E-state index contributed by atoms with van der Waals surface area (Å²) in [6.45, 7) is 1.60. The van der Waals surface area contributed by atoms with Gasteiger partial charge in [-0.25, -0.2) is 4.68 Å². The number of nitriles is 1. The Kier molecular flexibility index (Phi) is 9.69. The average molecular weight is 566 g/mol. The van der Waals surface area contributed by atoms with E-state index in [1.165, 1.54) is 18.3 Å². The van der Waals surface area contributed by atoms with Crippen LogP contribution in [0, 0.1) is 11.3 Å². The van der Waals surface area contributed by atoms with E-state index in [1.807, 2.05) is 6.07 Å². The Morgan fingerprint density at radius 2 is 1.86 bits per heavy atom. The number of nitrogens with zero attached hydrogens (tertiary/aromatic N) is 6. The van der Waals surface area contributed by atoms with Crippen molar-refractivity contribution >= 4 is 68.0 Å². The van der Waals surface area contributed by atoms with E-state index in [0.29, 0.717) is 0 Å². The summed E-state index contributed by atoms with van der Waals surface area (Å²) in [7, 11) is -4.64. The molecular formula is C19H12Cl3N6NaO5S. The predicted octanol–water partition coefficient (Wildman–Crippen LogP) is 1.88. The number of rotatable bonds is 6. The molecule has 0 unspecified atom stereocenters. The summed E-state index contributed by atoms with van der Waals surface area (Å²) in [5.41, 5.74) is -0.000819. The molecule has 35 heavy (non-hydrogen) atoms. The monoisotopic (exact) mass is 564 g/mol. The number of benzene rings is 2. The van der Waals surface area contributed by atoms with Crippen LogP contribution in [0.1, 0.15) is 18.9 Å². The van der Waals surface area contributed by atoms with Crippen molar-refractivity contribution < 1.29 is 52.7 Å². The van der Waals surface area contributed by atoms with Gasteiger partial charge in [0.2, 0.25) is 0 Å². The van der Waals surface area contributed by atoms with Crippen molar-refractivity contribution in [3.8, 4) is 17.5 Å². The zero-order valence-corrected chi connectivity index (χ0v) is 23.0. The number of aromatic nitrogens is 2. The molecule has 0 saturated carbocycles. The number of aromatic hydroxyl groups is 1. The van der Waals surface area contributed by atoms with Gasteiger partial charge in [-0.2, -0.15) is 18.8 Å². The van der Waals surface area contributed by atoms with Gasteiger partial charge < -0.3 is 10.2 Å². The Morgan fingerprint density at radius 3 is 2.46 bits per heavy atom. The maximum absolute atomic E-state index is 11.6. The minimum absolute atomic E-state index is 0. The van der Waals surface area contributed by atoms with Crippen LogP contribution in [0.2, 0.25) is 15.1 Å². The van der Waals surface area contributed by atoms with Crippen LogP contribution in [-0.4, -0.2) is 33.8 Å². The predicted molar refractivity (Wildman–Crippen MR) is 123 cm³/mol.